The van der Waals surface area contributed by atoms with Crippen molar-refractivity contribution in [3.8, 4) is 0 Å². The minimum absolute atomic E-state index is 0.0210. The average molecular weight is 157 g/mol. The molecule has 1 unspecified atom stereocenters. The first-order valence-corrected chi connectivity index (χ1v) is 3.48. The summed E-state index contributed by atoms with van der Waals surface area (Å²) < 4.78 is 0. The highest BCUT2D eigenvalue weighted by Gasteiger charge is 2.21. The Bertz CT molecular complexity index is 181. The zero-order chi connectivity index (χ0) is 8.27. The van der Waals surface area contributed by atoms with Crippen molar-refractivity contribution in [2.45, 2.75) is 12.5 Å². The van der Waals surface area contributed by atoms with E-state index in [1.165, 1.54) is 0 Å². The Kier molecular flexibility index (Phi) is 2.43. The van der Waals surface area contributed by atoms with Gasteiger partial charge in [-0.05, 0) is 0 Å². The number of carbonyl (C=O) groups excluding carboxylic acids is 2. The second-order valence-corrected chi connectivity index (χ2v) is 2.48. The van der Waals surface area contributed by atoms with Gasteiger partial charge < -0.3 is 16.4 Å². The van der Waals surface area contributed by atoms with Crippen LogP contribution in [0.4, 0.5) is 0 Å². The van der Waals surface area contributed by atoms with Crippen LogP contribution in [0.3, 0.4) is 0 Å². The van der Waals surface area contributed by atoms with Gasteiger partial charge in [0.25, 0.3) is 0 Å². The number of amides is 2. The lowest BCUT2D eigenvalue weighted by molar-refractivity contribution is -0.120. The molecule has 4 N–H and O–H groups in total. The Morgan fingerprint density at radius 2 is 2.55 bits per heavy atom. The molecule has 1 aliphatic rings. The van der Waals surface area contributed by atoms with E-state index < -0.39 is 0 Å². The molecule has 11 heavy (non-hydrogen) atoms. The fourth-order valence-electron chi connectivity index (χ4n) is 0.994. The molecule has 0 aromatic carbocycles. The maximum Gasteiger partial charge on any atom is 0.234 e. The molecular weight excluding hydrogens is 146 g/mol. The smallest absolute Gasteiger partial charge is 0.234 e. The van der Waals surface area contributed by atoms with Crippen molar-refractivity contribution in [1.82, 2.24) is 10.6 Å². The van der Waals surface area contributed by atoms with E-state index in [-0.39, 0.29) is 24.4 Å². The van der Waals surface area contributed by atoms with Crippen molar-refractivity contribution < 1.29 is 9.59 Å². The lowest BCUT2D eigenvalue weighted by Crippen LogP contribution is -2.39. The van der Waals surface area contributed by atoms with Crippen LogP contribution in [0.1, 0.15) is 6.42 Å². The summed E-state index contributed by atoms with van der Waals surface area (Å²) >= 11 is 0. The molecule has 0 aliphatic carbocycles. The maximum absolute atomic E-state index is 10.7. The Morgan fingerprint density at radius 3 is 3.00 bits per heavy atom. The highest BCUT2D eigenvalue weighted by molar-refractivity contribution is 5.82. The number of nitrogens with one attached hydrogen (secondary N) is 2. The molecule has 1 fully saturated rings. The molecule has 1 saturated heterocycles. The molecule has 1 rings (SSSR count). The van der Waals surface area contributed by atoms with Gasteiger partial charge in [-0.2, -0.15) is 0 Å². The summed E-state index contributed by atoms with van der Waals surface area (Å²) in [6, 6.07) is -0.0708. The number of nitrogens with two attached hydrogens (primary N) is 1. The Morgan fingerprint density at radius 1 is 1.82 bits per heavy atom. The molecule has 0 saturated carbocycles. The summed E-state index contributed by atoms with van der Waals surface area (Å²) in [4.78, 5) is 21.3. The van der Waals surface area contributed by atoms with Crippen molar-refractivity contribution >= 4 is 11.8 Å². The van der Waals surface area contributed by atoms with Gasteiger partial charge in [0.15, 0.2) is 0 Å². The normalized spacial score (nSPS) is 23.0. The second-order valence-electron chi connectivity index (χ2n) is 2.48. The van der Waals surface area contributed by atoms with Gasteiger partial charge in [0, 0.05) is 13.0 Å². The molecule has 0 spiro atoms. The molecule has 1 aliphatic heterocycles. The summed E-state index contributed by atoms with van der Waals surface area (Å²) in [5.41, 5.74) is 5.07. The van der Waals surface area contributed by atoms with Crippen LogP contribution in [0.15, 0.2) is 0 Å². The lowest BCUT2D eigenvalue weighted by atomic mass is 10.2. The fourth-order valence-corrected chi connectivity index (χ4v) is 0.994. The van der Waals surface area contributed by atoms with Gasteiger partial charge >= 0.3 is 0 Å². The first-order chi connectivity index (χ1) is 5.22. The standard InChI is InChI=1S/C6H11N3O2/c7-2-6(11)9-4-1-5(10)8-3-4/h4H,1-3,7H2,(H,8,10)(H,9,11). The molecule has 0 aromatic heterocycles. The van der Waals surface area contributed by atoms with Crippen LogP contribution in [0.25, 0.3) is 0 Å². The monoisotopic (exact) mass is 157 g/mol. The van der Waals surface area contributed by atoms with E-state index in [9.17, 15) is 9.59 Å². The molecule has 0 aromatic rings. The third-order valence-corrected chi connectivity index (χ3v) is 1.53. The Balaban J connectivity index is 2.28. The number of carbonyl (C=O) groups is 2. The quantitative estimate of drug-likeness (QED) is 0.431. The van der Waals surface area contributed by atoms with E-state index in [0.717, 1.165) is 0 Å². The van der Waals surface area contributed by atoms with Crippen LogP contribution in [-0.4, -0.2) is 30.9 Å². The summed E-state index contributed by atoms with van der Waals surface area (Å²) in [6.45, 7) is 0.495. The van der Waals surface area contributed by atoms with Gasteiger partial charge in [0.2, 0.25) is 11.8 Å². The minimum atomic E-state index is -0.216. The van der Waals surface area contributed by atoms with Gasteiger partial charge in [-0.25, -0.2) is 0 Å². The van der Waals surface area contributed by atoms with Crippen molar-refractivity contribution in [2.75, 3.05) is 13.1 Å². The molecule has 1 heterocycles. The van der Waals surface area contributed by atoms with E-state index in [2.05, 4.69) is 10.6 Å². The molecule has 5 heteroatoms. The van der Waals surface area contributed by atoms with Gasteiger partial charge in [-0.3, -0.25) is 9.59 Å². The molecular formula is C6H11N3O2. The van der Waals surface area contributed by atoms with Crippen molar-refractivity contribution in [2.24, 2.45) is 5.73 Å². The first kappa shape index (κ1) is 8.00. The van der Waals surface area contributed by atoms with Crippen LogP contribution in [0, 0.1) is 0 Å². The highest BCUT2D eigenvalue weighted by atomic mass is 16.2. The Labute approximate surface area is 64.3 Å². The van der Waals surface area contributed by atoms with E-state index >= 15 is 0 Å². The molecule has 0 bridgehead atoms. The summed E-state index contributed by atoms with van der Waals surface area (Å²) in [7, 11) is 0. The van der Waals surface area contributed by atoms with Gasteiger partial charge in [0.05, 0.1) is 12.6 Å². The third kappa shape index (κ3) is 2.19. The summed E-state index contributed by atoms with van der Waals surface area (Å²) in [5.74, 6) is -0.237. The largest absolute Gasteiger partial charge is 0.354 e. The molecule has 5 nitrogen and oxygen atoms in total. The predicted molar refractivity (Wildman–Crippen MR) is 38.6 cm³/mol. The first-order valence-electron chi connectivity index (χ1n) is 3.48. The highest BCUT2D eigenvalue weighted by Crippen LogP contribution is 1.97. The van der Waals surface area contributed by atoms with Gasteiger partial charge in [-0.15, -0.1) is 0 Å². The van der Waals surface area contributed by atoms with Crippen molar-refractivity contribution in [3.63, 3.8) is 0 Å². The third-order valence-electron chi connectivity index (χ3n) is 1.53. The fraction of sp³-hybridized carbons (Fsp3) is 0.667. The zero-order valence-corrected chi connectivity index (χ0v) is 6.09. The zero-order valence-electron chi connectivity index (χ0n) is 6.09. The summed E-state index contributed by atoms with van der Waals surface area (Å²) in [6.07, 6.45) is 0.367. The van der Waals surface area contributed by atoms with Crippen molar-refractivity contribution in [3.05, 3.63) is 0 Å². The second kappa shape index (κ2) is 3.34. The van der Waals surface area contributed by atoms with Gasteiger partial charge in [-0.1, -0.05) is 0 Å². The van der Waals surface area contributed by atoms with Crippen LogP contribution >= 0.6 is 0 Å². The van der Waals surface area contributed by atoms with E-state index in [1.54, 1.807) is 0 Å². The molecule has 0 radical (unpaired) electrons. The van der Waals surface area contributed by atoms with E-state index in [0.29, 0.717) is 13.0 Å². The van der Waals surface area contributed by atoms with E-state index in [1.807, 2.05) is 0 Å². The number of rotatable bonds is 2. The molecule has 2 amide bonds. The van der Waals surface area contributed by atoms with Crippen LogP contribution in [-0.2, 0) is 9.59 Å². The maximum atomic E-state index is 10.7. The molecule has 1 atom stereocenters. The van der Waals surface area contributed by atoms with E-state index in [4.69, 9.17) is 5.73 Å². The van der Waals surface area contributed by atoms with Crippen LogP contribution in [0.5, 0.6) is 0 Å². The minimum Gasteiger partial charge on any atom is -0.354 e. The van der Waals surface area contributed by atoms with Crippen molar-refractivity contribution in [1.29, 1.82) is 0 Å². The average Bonchev–Trinajstić information content (AvgIpc) is 2.35. The topological polar surface area (TPSA) is 84.2 Å². The molecule has 62 valence electrons. The summed E-state index contributed by atoms with van der Waals surface area (Å²) in [5, 5.41) is 5.22. The predicted octanol–water partition coefficient (Wildman–Crippen LogP) is -2.05. The number of hydrogen-bond donors (Lipinski definition) is 3. The lowest BCUT2D eigenvalue weighted by Gasteiger charge is -2.07. The van der Waals surface area contributed by atoms with Crippen LogP contribution < -0.4 is 16.4 Å². The number of hydrogen-bond acceptors (Lipinski definition) is 3. The van der Waals surface area contributed by atoms with Gasteiger partial charge in [0.1, 0.15) is 0 Å². The van der Waals surface area contributed by atoms with Crippen LogP contribution in [0.2, 0.25) is 0 Å². The Hall–Kier alpha value is -1.10. The SMILES string of the molecule is NCC(=O)NC1CNC(=O)C1.